The van der Waals surface area contributed by atoms with Crippen LogP contribution in [0.4, 0.5) is 11.4 Å². The maximum atomic E-state index is 12.1. The molecule has 2 aliphatic rings. The first-order chi connectivity index (χ1) is 10.2. The van der Waals surface area contributed by atoms with E-state index < -0.39 is 0 Å². The number of anilines is 2. The Morgan fingerprint density at radius 1 is 1.38 bits per heavy atom. The highest BCUT2D eigenvalue weighted by Gasteiger charge is 2.30. The molecule has 21 heavy (non-hydrogen) atoms. The van der Waals surface area contributed by atoms with Gasteiger partial charge < -0.3 is 15.5 Å². The lowest BCUT2D eigenvalue weighted by Gasteiger charge is -2.35. The van der Waals surface area contributed by atoms with Crippen molar-refractivity contribution in [2.45, 2.75) is 51.6 Å². The van der Waals surface area contributed by atoms with Gasteiger partial charge >= 0.3 is 0 Å². The van der Waals surface area contributed by atoms with E-state index in [0.29, 0.717) is 6.04 Å². The molecule has 1 aromatic rings. The summed E-state index contributed by atoms with van der Waals surface area (Å²) in [6.07, 6.45) is 4.86. The average molecular weight is 287 g/mol. The molecular formula is C17H25N3O. The minimum atomic E-state index is -0.187. The van der Waals surface area contributed by atoms with Crippen molar-refractivity contribution >= 4 is 17.3 Å². The molecule has 0 aromatic heterocycles. The summed E-state index contributed by atoms with van der Waals surface area (Å²) in [6, 6.07) is 6.82. The molecule has 1 fully saturated rings. The summed E-state index contributed by atoms with van der Waals surface area (Å²) in [4.78, 5) is 14.6. The second kappa shape index (κ2) is 6.06. The normalized spacial score (nSPS) is 24.9. The van der Waals surface area contributed by atoms with Gasteiger partial charge in [-0.3, -0.25) is 4.79 Å². The first kappa shape index (κ1) is 14.4. The fourth-order valence-electron chi connectivity index (χ4n) is 3.40. The molecule has 0 bridgehead atoms. The smallest absolute Gasteiger partial charge is 0.246 e. The number of amides is 1. The molecule has 2 N–H and O–H groups in total. The maximum Gasteiger partial charge on any atom is 0.246 e. The van der Waals surface area contributed by atoms with Crippen LogP contribution >= 0.6 is 0 Å². The lowest BCUT2D eigenvalue weighted by molar-refractivity contribution is -0.117. The van der Waals surface area contributed by atoms with Gasteiger partial charge in [-0.1, -0.05) is 13.0 Å². The van der Waals surface area contributed by atoms with E-state index in [2.05, 4.69) is 47.6 Å². The van der Waals surface area contributed by atoms with Crippen LogP contribution in [-0.4, -0.2) is 25.0 Å². The zero-order valence-electron chi connectivity index (χ0n) is 13.0. The van der Waals surface area contributed by atoms with Gasteiger partial charge in [0.1, 0.15) is 6.04 Å². The Bertz CT molecular complexity index is 529. The Balaban J connectivity index is 1.82. The predicted octanol–water partition coefficient (Wildman–Crippen LogP) is 3.06. The van der Waals surface area contributed by atoms with Gasteiger partial charge in [-0.2, -0.15) is 0 Å². The molecule has 0 radical (unpaired) electrons. The van der Waals surface area contributed by atoms with Crippen molar-refractivity contribution in [1.82, 2.24) is 5.32 Å². The van der Waals surface area contributed by atoms with E-state index in [1.807, 2.05) is 0 Å². The summed E-state index contributed by atoms with van der Waals surface area (Å²) in [5.41, 5.74) is 3.29. The summed E-state index contributed by atoms with van der Waals surface area (Å²) in [5, 5.41) is 6.34. The molecule has 0 spiro atoms. The number of nitrogens with zero attached hydrogens (tertiary/aromatic N) is 1. The van der Waals surface area contributed by atoms with Crippen LogP contribution in [-0.2, 0) is 4.79 Å². The molecule has 114 valence electrons. The minimum absolute atomic E-state index is 0.0716. The number of nitrogens with one attached hydrogen (secondary N) is 2. The van der Waals surface area contributed by atoms with E-state index in [1.54, 1.807) is 0 Å². The lowest BCUT2D eigenvalue weighted by atomic mass is 10.0. The van der Waals surface area contributed by atoms with Crippen molar-refractivity contribution in [3.63, 3.8) is 0 Å². The number of benzene rings is 1. The number of rotatable bonds is 4. The fourth-order valence-corrected chi connectivity index (χ4v) is 3.40. The highest BCUT2D eigenvalue weighted by Crippen LogP contribution is 2.35. The summed E-state index contributed by atoms with van der Waals surface area (Å²) < 4.78 is 0. The van der Waals surface area contributed by atoms with Crippen molar-refractivity contribution in [3.05, 3.63) is 23.8 Å². The third-order valence-electron chi connectivity index (χ3n) is 4.60. The monoisotopic (exact) mass is 287 g/mol. The molecule has 4 heteroatoms. The van der Waals surface area contributed by atoms with Crippen molar-refractivity contribution in [2.24, 2.45) is 0 Å². The van der Waals surface area contributed by atoms with Crippen molar-refractivity contribution in [2.75, 3.05) is 23.3 Å². The molecule has 3 rings (SSSR count). The van der Waals surface area contributed by atoms with E-state index in [-0.39, 0.29) is 11.9 Å². The number of fused-ring (bicyclic) bond motifs is 1. The second-order valence-electron chi connectivity index (χ2n) is 6.19. The van der Waals surface area contributed by atoms with E-state index in [4.69, 9.17) is 0 Å². The van der Waals surface area contributed by atoms with Crippen LogP contribution < -0.4 is 15.5 Å². The van der Waals surface area contributed by atoms with Gasteiger partial charge in [0.15, 0.2) is 0 Å². The Kier molecular flexibility index (Phi) is 4.15. The maximum absolute atomic E-state index is 12.1. The molecule has 1 amide bonds. The molecule has 2 heterocycles. The highest BCUT2D eigenvalue weighted by molar-refractivity contribution is 6.03. The van der Waals surface area contributed by atoms with Gasteiger partial charge in [0, 0.05) is 29.5 Å². The lowest BCUT2D eigenvalue weighted by Crippen LogP contribution is -2.37. The van der Waals surface area contributed by atoms with Crippen LogP contribution in [0.2, 0.25) is 0 Å². The zero-order valence-corrected chi connectivity index (χ0v) is 13.0. The van der Waals surface area contributed by atoms with Crippen LogP contribution in [0.1, 0.15) is 51.1 Å². The number of hydrogen-bond acceptors (Lipinski definition) is 3. The van der Waals surface area contributed by atoms with Crippen LogP contribution in [0.3, 0.4) is 0 Å². The van der Waals surface area contributed by atoms with E-state index in [0.717, 1.165) is 30.8 Å². The quantitative estimate of drug-likeness (QED) is 0.894. The standard InChI is InChI=1S/C17H25N3O/c1-3-9-18-16-14-8-7-13(11-15(14)19-17(16)21)20-10-5-4-6-12(20)2/h7-8,11-12,16,18H,3-6,9-10H2,1-2H3,(H,19,21). The molecular weight excluding hydrogens is 262 g/mol. The molecule has 1 aromatic carbocycles. The van der Waals surface area contributed by atoms with Gasteiger partial charge in [-0.15, -0.1) is 0 Å². The first-order valence-corrected chi connectivity index (χ1v) is 8.15. The number of carbonyl (C=O) groups is 1. The molecule has 0 aliphatic carbocycles. The van der Waals surface area contributed by atoms with Gasteiger partial charge in [-0.25, -0.2) is 0 Å². The number of hydrogen-bond donors (Lipinski definition) is 2. The SMILES string of the molecule is CCCNC1C(=O)Nc2cc(N3CCCCC3C)ccc21. The summed E-state index contributed by atoms with van der Waals surface area (Å²) >= 11 is 0. The first-order valence-electron chi connectivity index (χ1n) is 8.15. The summed E-state index contributed by atoms with van der Waals surface area (Å²) in [6.45, 7) is 6.38. The van der Waals surface area contributed by atoms with Crippen molar-refractivity contribution in [1.29, 1.82) is 0 Å². The van der Waals surface area contributed by atoms with Crippen LogP contribution in [0.25, 0.3) is 0 Å². The van der Waals surface area contributed by atoms with Gasteiger partial charge in [0.05, 0.1) is 0 Å². The average Bonchev–Trinajstić information content (AvgIpc) is 2.80. The second-order valence-corrected chi connectivity index (χ2v) is 6.19. The molecule has 0 saturated carbocycles. The van der Waals surface area contributed by atoms with Crippen molar-refractivity contribution < 1.29 is 4.79 Å². The minimum Gasteiger partial charge on any atom is -0.369 e. The topological polar surface area (TPSA) is 44.4 Å². The highest BCUT2D eigenvalue weighted by atomic mass is 16.2. The summed E-state index contributed by atoms with van der Waals surface area (Å²) in [7, 11) is 0. The largest absolute Gasteiger partial charge is 0.369 e. The number of carbonyl (C=O) groups excluding carboxylic acids is 1. The Morgan fingerprint density at radius 2 is 2.24 bits per heavy atom. The number of piperidine rings is 1. The van der Waals surface area contributed by atoms with Crippen LogP contribution in [0.5, 0.6) is 0 Å². The Hall–Kier alpha value is -1.55. The Labute approximate surface area is 126 Å². The molecule has 2 atom stereocenters. The third-order valence-corrected chi connectivity index (χ3v) is 4.60. The van der Waals surface area contributed by atoms with E-state index in [1.165, 1.54) is 24.9 Å². The predicted molar refractivity (Wildman–Crippen MR) is 86.8 cm³/mol. The summed E-state index contributed by atoms with van der Waals surface area (Å²) in [5.74, 6) is 0.0716. The van der Waals surface area contributed by atoms with E-state index >= 15 is 0 Å². The van der Waals surface area contributed by atoms with Gasteiger partial charge in [-0.05, 0) is 51.3 Å². The molecule has 2 unspecified atom stereocenters. The molecule has 1 saturated heterocycles. The van der Waals surface area contributed by atoms with Crippen LogP contribution in [0.15, 0.2) is 18.2 Å². The molecule has 2 aliphatic heterocycles. The third kappa shape index (κ3) is 2.77. The van der Waals surface area contributed by atoms with Crippen molar-refractivity contribution in [3.8, 4) is 0 Å². The van der Waals surface area contributed by atoms with Gasteiger partial charge in [0.25, 0.3) is 0 Å². The Morgan fingerprint density at radius 3 is 3.00 bits per heavy atom. The zero-order chi connectivity index (χ0) is 14.8. The van der Waals surface area contributed by atoms with Crippen LogP contribution in [0, 0.1) is 0 Å². The molecule has 4 nitrogen and oxygen atoms in total. The van der Waals surface area contributed by atoms with Gasteiger partial charge in [0.2, 0.25) is 5.91 Å². The fraction of sp³-hybridized carbons (Fsp3) is 0.588. The van der Waals surface area contributed by atoms with E-state index in [9.17, 15) is 4.79 Å².